The highest BCUT2D eigenvalue weighted by atomic mass is 35.5. The third kappa shape index (κ3) is 2.71. The Morgan fingerprint density at radius 2 is 1.86 bits per heavy atom. The molecule has 0 bridgehead atoms. The Balaban J connectivity index is 1.66. The number of benzene rings is 1. The van der Waals surface area contributed by atoms with Crippen LogP contribution in [0.5, 0.6) is 0 Å². The Kier molecular flexibility index (Phi) is 4.09. The molecule has 0 spiro atoms. The van der Waals surface area contributed by atoms with Crippen molar-refractivity contribution in [2.75, 3.05) is 0 Å². The fourth-order valence-corrected chi connectivity index (χ4v) is 3.77. The Morgan fingerprint density at radius 1 is 1.07 bits per heavy atom. The van der Waals surface area contributed by atoms with Gasteiger partial charge in [-0.15, -0.1) is 5.10 Å². The predicted octanol–water partition coefficient (Wildman–Crippen LogP) is 3.93. The van der Waals surface area contributed by atoms with Gasteiger partial charge >= 0.3 is 0 Å². The van der Waals surface area contributed by atoms with Gasteiger partial charge in [-0.1, -0.05) is 36.7 Å². The second-order valence-corrected chi connectivity index (χ2v) is 7.34. The molecule has 0 unspecified atom stereocenters. The molecule has 5 aromatic rings. The summed E-state index contributed by atoms with van der Waals surface area (Å²) in [5.41, 5.74) is 4.13. The van der Waals surface area contributed by atoms with E-state index in [-0.39, 0.29) is 6.04 Å². The molecular weight excluding hydrogens is 388 g/mol. The van der Waals surface area contributed by atoms with Crippen LogP contribution in [0.2, 0.25) is 5.02 Å². The lowest BCUT2D eigenvalue weighted by atomic mass is 10.2. The molecule has 4 heterocycles. The lowest BCUT2D eigenvalue weighted by Gasteiger charge is -2.13. The molecule has 1 aromatic carbocycles. The second-order valence-electron chi connectivity index (χ2n) is 6.97. The fraction of sp³-hybridized carbons (Fsp3) is 0.250. The number of hydrogen-bond acceptors (Lipinski definition) is 5. The summed E-state index contributed by atoms with van der Waals surface area (Å²) in [6.07, 6.45) is 4.25. The van der Waals surface area contributed by atoms with Crippen LogP contribution in [0.1, 0.15) is 36.6 Å². The smallest absolute Gasteiger partial charge is 0.176 e. The average Bonchev–Trinajstić information content (AvgIpc) is 3.42. The zero-order valence-electron chi connectivity index (χ0n) is 16.3. The number of nitrogens with zero attached hydrogens (tertiary/aromatic N) is 8. The summed E-state index contributed by atoms with van der Waals surface area (Å²) in [4.78, 5) is 9.40. The molecular formula is C20H19ClN8. The van der Waals surface area contributed by atoms with Crippen molar-refractivity contribution < 1.29 is 0 Å². The molecule has 0 saturated heterocycles. The van der Waals surface area contributed by atoms with Crippen LogP contribution in [0.15, 0.2) is 42.9 Å². The van der Waals surface area contributed by atoms with Crippen molar-refractivity contribution in [3.8, 4) is 5.69 Å². The third-order valence-corrected chi connectivity index (χ3v) is 5.69. The number of fused-ring (bicyclic) bond motifs is 3. The van der Waals surface area contributed by atoms with Gasteiger partial charge in [-0.3, -0.25) is 4.68 Å². The number of aromatic nitrogens is 8. The van der Waals surface area contributed by atoms with Crippen molar-refractivity contribution in [2.45, 2.75) is 33.2 Å². The standard InChI is InChI=1S/C20H19ClN8/c1-4-16(28-13(3)17(21)12(2)25-28)18-24-20-15-10-23-29(14-8-6-5-7-9-14)19(15)22-11-27(20)26-18/h5-11,16H,4H2,1-3H3/t16-/m1/s1. The van der Waals surface area contributed by atoms with E-state index in [1.165, 1.54) is 0 Å². The van der Waals surface area contributed by atoms with E-state index in [1.807, 2.05) is 53.5 Å². The van der Waals surface area contributed by atoms with Crippen LogP contribution in [0.3, 0.4) is 0 Å². The lowest BCUT2D eigenvalue weighted by Crippen LogP contribution is -2.14. The maximum atomic E-state index is 6.35. The van der Waals surface area contributed by atoms with Gasteiger partial charge in [-0.2, -0.15) is 10.2 Å². The van der Waals surface area contributed by atoms with E-state index < -0.39 is 0 Å². The Bertz CT molecular complexity index is 1330. The number of halogens is 1. The van der Waals surface area contributed by atoms with Crippen LogP contribution in [0, 0.1) is 13.8 Å². The van der Waals surface area contributed by atoms with E-state index in [2.05, 4.69) is 27.2 Å². The van der Waals surface area contributed by atoms with Gasteiger partial charge in [-0.05, 0) is 32.4 Å². The molecule has 0 amide bonds. The highest BCUT2D eigenvalue weighted by Gasteiger charge is 2.23. The molecule has 8 nitrogen and oxygen atoms in total. The first-order valence-electron chi connectivity index (χ1n) is 9.44. The SMILES string of the molecule is CC[C@H](c1nc2c3cnn(-c4ccccc4)c3ncn2n1)n1nc(C)c(Cl)c1C. The van der Waals surface area contributed by atoms with Crippen LogP contribution < -0.4 is 0 Å². The minimum Gasteiger partial charge on any atom is -0.257 e. The summed E-state index contributed by atoms with van der Waals surface area (Å²) in [6, 6.07) is 9.80. The van der Waals surface area contributed by atoms with Gasteiger partial charge < -0.3 is 0 Å². The van der Waals surface area contributed by atoms with Gasteiger partial charge in [0.2, 0.25) is 0 Å². The largest absolute Gasteiger partial charge is 0.257 e. The lowest BCUT2D eigenvalue weighted by molar-refractivity contribution is 0.472. The Hall–Kier alpha value is -3.26. The molecule has 0 aliphatic carbocycles. The molecule has 29 heavy (non-hydrogen) atoms. The molecule has 9 heteroatoms. The van der Waals surface area contributed by atoms with Gasteiger partial charge in [0.15, 0.2) is 17.1 Å². The number of hydrogen-bond donors (Lipinski definition) is 0. The van der Waals surface area contributed by atoms with Gasteiger partial charge in [-0.25, -0.2) is 19.2 Å². The van der Waals surface area contributed by atoms with Crippen LogP contribution in [0.25, 0.3) is 22.4 Å². The summed E-state index contributed by atoms with van der Waals surface area (Å²) in [6.45, 7) is 5.95. The fourth-order valence-electron chi connectivity index (χ4n) is 3.65. The van der Waals surface area contributed by atoms with E-state index in [9.17, 15) is 0 Å². The monoisotopic (exact) mass is 406 g/mol. The zero-order valence-corrected chi connectivity index (χ0v) is 17.0. The molecule has 0 N–H and O–H groups in total. The van der Waals surface area contributed by atoms with E-state index in [4.69, 9.17) is 16.6 Å². The topological polar surface area (TPSA) is 78.7 Å². The van der Waals surface area contributed by atoms with Gasteiger partial charge in [0.1, 0.15) is 12.4 Å². The summed E-state index contributed by atoms with van der Waals surface area (Å²) in [5.74, 6) is 0.677. The highest BCUT2D eigenvalue weighted by molar-refractivity contribution is 6.31. The van der Waals surface area contributed by atoms with Crippen molar-refractivity contribution in [1.82, 2.24) is 39.1 Å². The van der Waals surface area contributed by atoms with E-state index in [1.54, 1.807) is 17.0 Å². The van der Waals surface area contributed by atoms with Crippen LogP contribution in [-0.2, 0) is 0 Å². The predicted molar refractivity (Wildman–Crippen MR) is 111 cm³/mol. The maximum Gasteiger partial charge on any atom is 0.176 e. The second kappa shape index (κ2) is 6.66. The van der Waals surface area contributed by atoms with Gasteiger partial charge in [0.25, 0.3) is 0 Å². The number of para-hydroxylation sites is 1. The van der Waals surface area contributed by atoms with E-state index in [0.717, 1.165) is 40.2 Å². The van der Waals surface area contributed by atoms with Crippen molar-refractivity contribution >= 4 is 28.3 Å². The molecule has 5 rings (SSSR count). The molecule has 1 atom stereocenters. The first-order chi connectivity index (χ1) is 14.1. The number of aryl methyl sites for hydroxylation is 1. The number of rotatable bonds is 4. The molecule has 0 fully saturated rings. The highest BCUT2D eigenvalue weighted by Crippen LogP contribution is 2.28. The van der Waals surface area contributed by atoms with Crippen molar-refractivity contribution in [2.24, 2.45) is 0 Å². The molecule has 4 aromatic heterocycles. The average molecular weight is 407 g/mol. The molecule has 0 radical (unpaired) electrons. The van der Waals surface area contributed by atoms with Gasteiger partial charge in [0.05, 0.1) is 33.7 Å². The molecule has 0 aliphatic rings. The Morgan fingerprint density at radius 3 is 2.55 bits per heavy atom. The van der Waals surface area contributed by atoms with Crippen molar-refractivity contribution in [3.63, 3.8) is 0 Å². The molecule has 146 valence electrons. The Labute approximate surface area is 171 Å². The summed E-state index contributed by atoms with van der Waals surface area (Å²) < 4.78 is 5.41. The van der Waals surface area contributed by atoms with Crippen molar-refractivity contribution in [1.29, 1.82) is 0 Å². The summed E-state index contributed by atoms with van der Waals surface area (Å²) in [5, 5.41) is 15.3. The van der Waals surface area contributed by atoms with Crippen LogP contribution in [-0.4, -0.2) is 39.1 Å². The maximum absolute atomic E-state index is 6.35. The van der Waals surface area contributed by atoms with Crippen LogP contribution >= 0.6 is 11.6 Å². The van der Waals surface area contributed by atoms with Crippen molar-refractivity contribution in [3.05, 3.63) is 65.1 Å². The van der Waals surface area contributed by atoms with Gasteiger partial charge in [0, 0.05) is 0 Å². The zero-order chi connectivity index (χ0) is 20.1. The molecule has 0 aliphatic heterocycles. The summed E-state index contributed by atoms with van der Waals surface area (Å²) >= 11 is 6.35. The first kappa shape index (κ1) is 17.8. The van der Waals surface area contributed by atoms with Crippen LogP contribution in [0.4, 0.5) is 0 Å². The summed E-state index contributed by atoms with van der Waals surface area (Å²) in [7, 11) is 0. The molecule has 0 saturated carbocycles. The first-order valence-corrected chi connectivity index (χ1v) is 9.82. The normalized spacial score (nSPS) is 12.8. The van der Waals surface area contributed by atoms with E-state index in [0.29, 0.717) is 10.8 Å². The quantitative estimate of drug-likeness (QED) is 0.452. The minimum atomic E-state index is -0.111. The van der Waals surface area contributed by atoms with E-state index >= 15 is 0 Å². The minimum absolute atomic E-state index is 0.111. The third-order valence-electron chi connectivity index (χ3n) is 5.14.